The molecule has 108 valence electrons. The van der Waals surface area contributed by atoms with Crippen molar-refractivity contribution in [1.82, 2.24) is 10.0 Å². The van der Waals surface area contributed by atoms with E-state index in [-0.39, 0.29) is 12.5 Å². The van der Waals surface area contributed by atoms with Crippen LogP contribution in [0.5, 0.6) is 0 Å². The summed E-state index contributed by atoms with van der Waals surface area (Å²) in [6.45, 7) is 6.25. The topological polar surface area (TPSA) is 101 Å². The Morgan fingerprint density at radius 2 is 1.94 bits per heavy atom. The largest absolute Gasteiger partial charge is 0.354 e. The van der Waals surface area contributed by atoms with Gasteiger partial charge in [0.2, 0.25) is 15.9 Å². The highest BCUT2D eigenvalue weighted by atomic mass is 32.2. The lowest BCUT2D eigenvalue weighted by atomic mass is 10.1. The van der Waals surface area contributed by atoms with Crippen molar-refractivity contribution in [2.24, 2.45) is 11.7 Å². The van der Waals surface area contributed by atoms with Gasteiger partial charge in [-0.25, -0.2) is 13.1 Å². The minimum absolute atomic E-state index is 0.0846. The molecule has 0 fully saturated rings. The van der Waals surface area contributed by atoms with Crippen LogP contribution in [-0.4, -0.2) is 39.2 Å². The molecule has 0 aliphatic carbocycles. The Morgan fingerprint density at radius 1 is 1.39 bits per heavy atom. The number of amides is 1. The lowest BCUT2D eigenvalue weighted by Gasteiger charge is -2.25. The summed E-state index contributed by atoms with van der Waals surface area (Å²) in [5.41, 5.74) is 4.77. The smallest absolute Gasteiger partial charge is 0.220 e. The fourth-order valence-corrected chi connectivity index (χ4v) is 2.52. The van der Waals surface area contributed by atoms with Crippen molar-refractivity contribution in [2.45, 2.75) is 39.2 Å². The summed E-state index contributed by atoms with van der Waals surface area (Å²) in [5.74, 6) is 0.233. The number of sulfonamides is 1. The monoisotopic (exact) mass is 279 g/mol. The first kappa shape index (κ1) is 17.3. The molecule has 0 heterocycles. The molecule has 0 saturated carbocycles. The highest BCUT2D eigenvalue weighted by Crippen LogP contribution is 2.05. The van der Waals surface area contributed by atoms with Crippen LogP contribution >= 0.6 is 0 Å². The number of carbonyl (C=O) groups excluding carboxylic acids is 1. The Morgan fingerprint density at radius 3 is 2.39 bits per heavy atom. The van der Waals surface area contributed by atoms with Gasteiger partial charge in [0.1, 0.15) is 0 Å². The van der Waals surface area contributed by atoms with Gasteiger partial charge in [-0.15, -0.1) is 0 Å². The third-order valence-corrected chi connectivity index (χ3v) is 3.38. The van der Waals surface area contributed by atoms with Crippen molar-refractivity contribution in [3.8, 4) is 0 Å². The van der Waals surface area contributed by atoms with Gasteiger partial charge < -0.3 is 11.1 Å². The minimum atomic E-state index is -3.28. The quantitative estimate of drug-likeness (QED) is 0.573. The van der Waals surface area contributed by atoms with Crippen LogP contribution in [0.3, 0.4) is 0 Å². The average molecular weight is 279 g/mol. The number of nitrogens with one attached hydrogen (secondary N) is 2. The van der Waals surface area contributed by atoms with E-state index in [0.29, 0.717) is 18.9 Å². The Hall–Kier alpha value is -0.660. The van der Waals surface area contributed by atoms with E-state index in [1.807, 2.05) is 6.92 Å². The molecule has 0 aliphatic heterocycles. The van der Waals surface area contributed by atoms with Gasteiger partial charge in [0.05, 0.1) is 6.26 Å². The van der Waals surface area contributed by atoms with Crippen LogP contribution in [0, 0.1) is 5.92 Å². The predicted octanol–water partition coefficient (Wildman–Crippen LogP) is -0.195. The van der Waals surface area contributed by atoms with Crippen LogP contribution < -0.4 is 15.8 Å². The standard InChI is InChI=1S/C11H25N3O3S/c1-9(7-12)5-6-10(15)13-8-11(2,3)14-18(4,16)17/h9,14H,5-8,12H2,1-4H3,(H,13,15). The zero-order valence-corrected chi connectivity index (χ0v) is 12.4. The molecule has 18 heavy (non-hydrogen) atoms. The summed E-state index contributed by atoms with van der Waals surface area (Å²) in [7, 11) is -3.28. The van der Waals surface area contributed by atoms with Crippen molar-refractivity contribution in [3.63, 3.8) is 0 Å². The van der Waals surface area contributed by atoms with Gasteiger partial charge in [-0.05, 0) is 32.7 Å². The molecule has 7 heteroatoms. The summed E-state index contributed by atoms with van der Waals surface area (Å²) in [6, 6.07) is 0. The highest BCUT2D eigenvalue weighted by Gasteiger charge is 2.22. The second-order valence-electron chi connectivity index (χ2n) is 5.41. The van der Waals surface area contributed by atoms with Gasteiger partial charge in [-0.2, -0.15) is 0 Å². The molecule has 1 unspecified atom stereocenters. The molecular weight excluding hydrogens is 254 g/mol. The van der Waals surface area contributed by atoms with Crippen LogP contribution in [0.25, 0.3) is 0 Å². The maximum Gasteiger partial charge on any atom is 0.220 e. The lowest BCUT2D eigenvalue weighted by Crippen LogP contribution is -2.51. The SMILES string of the molecule is CC(CN)CCC(=O)NCC(C)(C)NS(C)(=O)=O. The van der Waals surface area contributed by atoms with Crippen LogP contribution in [0.15, 0.2) is 0 Å². The second-order valence-corrected chi connectivity index (χ2v) is 7.16. The summed E-state index contributed by atoms with van der Waals surface area (Å²) in [4.78, 5) is 11.5. The van der Waals surface area contributed by atoms with E-state index >= 15 is 0 Å². The molecule has 0 aliphatic rings. The van der Waals surface area contributed by atoms with Gasteiger partial charge >= 0.3 is 0 Å². The Kier molecular flexibility index (Phi) is 6.80. The van der Waals surface area contributed by atoms with Gasteiger partial charge in [-0.1, -0.05) is 6.92 Å². The molecule has 4 N–H and O–H groups in total. The zero-order chi connectivity index (χ0) is 14.4. The normalized spacial score (nSPS) is 14.3. The molecule has 0 aromatic heterocycles. The molecule has 1 amide bonds. The van der Waals surface area contributed by atoms with E-state index in [1.54, 1.807) is 13.8 Å². The first-order valence-electron chi connectivity index (χ1n) is 6.01. The zero-order valence-electron chi connectivity index (χ0n) is 11.6. The number of rotatable bonds is 8. The predicted molar refractivity (Wildman–Crippen MR) is 72.5 cm³/mol. The number of carbonyl (C=O) groups is 1. The molecule has 1 atom stereocenters. The summed E-state index contributed by atoms with van der Waals surface area (Å²) < 4.78 is 24.7. The summed E-state index contributed by atoms with van der Waals surface area (Å²) in [5, 5.41) is 2.72. The molecule has 0 saturated heterocycles. The maximum absolute atomic E-state index is 11.5. The Balaban J connectivity index is 4.04. The van der Waals surface area contributed by atoms with Crippen molar-refractivity contribution in [1.29, 1.82) is 0 Å². The molecule has 0 rings (SSSR count). The van der Waals surface area contributed by atoms with Crippen LogP contribution in [0.2, 0.25) is 0 Å². The summed E-state index contributed by atoms with van der Waals surface area (Å²) in [6.07, 6.45) is 2.25. The molecule has 6 nitrogen and oxygen atoms in total. The van der Waals surface area contributed by atoms with E-state index in [9.17, 15) is 13.2 Å². The van der Waals surface area contributed by atoms with Gasteiger partial charge in [0.15, 0.2) is 0 Å². The van der Waals surface area contributed by atoms with Gasteiger partial charge in [-0.3, -0.25) is 4.79 Å². The molecule has 0 bridgehead atoms. The van der Waals surface area contributed by atoms with E-state index in [0.717, 1.165) is 12.7 Å². The van der Waals surface area contributed by atoms with Crippen molar-refractivity contribution in [2.75, 3.05) is 19.3 Å². The van der Waals surface area contributed by atoms with E-state index < -0.39 is 15.6 Å². The number of hydrogen-bond donors (Lipinski definition) is 3. The van der Waals surface area contributed by atoms with E-state index in [4.69, 9.17) is 5.73 Å². The third-order valence-electron chi connectivity index (χ3n) is 2.46. The van der Waals surface area contributed by atoms with Gasteiger partial charge in [0, 0.05) is 18.5 Å². The van der Waals surface area contributed by atoms with Crippen molar-refractivity contribution >= 4 is 15.9 Å². The maximum atomic E-state index is 11.5. The fourth-order valence-electron chi connectivity index (χ4n) is 1.44. The number of nitrogens with two attached hydrogens (primary N) is 1. The Bertz CT molecular complexity index is 366. The van der Waals surface area contributed by atoms with Crippen molar-refractivity contribution in [3.05, 3.63) is 0 Å². The fraction of sp³-hybridized carbons (Fsp3) is 0.909. The van der Waals surface area contributed by atoms with E-state index in [2.05, 4.69) is 10.0 Å². The van der Waals surface area contributed by atoms with Crippen molar-refractivity contribution < 1.29 is 13.2 Å². The Labute approximate surface area is 110 Å². The molecule has 0 aromatic carbocycles. The molecule has 0 aromatic rings. The van der Waals surface area contributed by atoms with Gasteiger partial charge in [0.25, 0.3) is 0 Å². The number of hydrogen-bond acceptors (Lipinski definition) is 4. The van der Waals surface area contributed by atoms with Crippen LogP contribution in [-0.2, 0) is 14.8 Å². The first-order valence-corrected chi connectivity index (χ1v) is 7.90. The first-order chi connectivity index (χ1) is 8.06. The molecule has 0 radical (unpaired) electrons. The third kappa shape index (κ3) is 9.38. The van der Waals surface area contributed by atoms with Crippen LogP contribution in [0.4, 0.5) is 0 Å². The van der Waals surface area contributed by atoms with E-state index in [1.165, 1.54) is 0 Å². The lowest BCUT2D eigenvalue weighted by molar-refractivity contribution is -0.121. The molecule has 0 spiro atoms. The average Bonchev–Trinajstić information content (AvgIpc) is 2.19. The van der Waals surface area contributed by atoms with Crippen LogP contribution in [0.1, 0.15) is 33.6 Å². The minimum Gasteiger partial charge on any atom is -0.354 e. The summed E-state index contributed by atoms with van der Waals surface area (Å²) >= 11 is 0. The highest BCUT2D eigenvalue weighted by molar-refractivity contribution is 7.88. The molecular formula is C11H25N3O3S. The second kappa shape index (κ2) is 7.06.